The Morgan fingerprint density at radius 1 is 1.25 bits per heavy atom. The Labute approximate surface area is 102 Å². The molecule has 2 nitrogen and oxygen atoms in total. The lowest BCUT2D eigenvalue weighted by Crippen LogP contribution is -2.07. The summed E-state index contributed by atoms with van der Waals surface area (Å²) in [7, 11) is 0. The topological polar surface area (TPSA) is 26.3 Å². The summed E-state index contributed by atoms with van der Waals surface area (Å²) in [5.41, 5.74) is 1.07. The third-order valence-electron chi connectivity index (χ3n) is 2.31. The van der Waals surface area contributed by atoms with E-state index in [4.69, 9.17) is 17.4 Å². The molecule has 16 heavy (non-hydrogen) atoms. The third kappa shape index (κ3) is 4.71. The molecule has 1 radical (unpaired) electrons. The zero-order valence-electron chi connectivity index (χ0n) is 9.57. The lowest BCUT2D eigenvalue weighted by atomic mass is 10.2. The van der Waals surface area contributed by atoms with Crippen LogP contribution >= 0.6 is 12.6 Å². The molecule has 0 fully saturated rings. The minimum absolute atomic E-state index is 0.153. The highest BCUT2D eigenvalue weighted by atomic mass is 32.1. The summed E-state index contributed by atoms with van der Waals surface area (Å²) in [6.07, 6.45) is 3.58. The van der Waals surface area contributed by atoms with E-state index >= 15 is 0 Å². The van der Waals surface area contributed by atoms with Crippen molar-refractivity contribution in [3.05, 3.63) is 29.8 Å². The van der Waals surface area contributed by atoms with Crippen molar-refractivity contribution >= 4 is 18.6 Å². The van der Waals surface area contributed by atoms with Gasteiger partial charge in [0.05, 0.1) is 0 Å². The number of esters is 1. The van der Waals surface area contributed by atoms with Crippen LogP contribution in [0, 0.1) is 0 Å². The second-order valence-corrected chi connectivity index (χ2v) is 4.01. The van der Waals surface area contributed by atoms with Gasteiger partial charge >= 0.3 is 5.97 Å². The summed E-state index contributed by atoms with van der Waals surface area (Å²) in [6.45, 7) is 2.11. The van der Waals surface area contributed by atoms with E-state index in [1.165, 1.54) is 0 Å². The second kappa shape index (κ2) is 7.34. The molecule has 0 amide bonds. The molecule has 1 aromatic rings. The minimum Gasteiger partial charge on any atom is -0.427 e. The molecule has 0 saturated carbocycles. The van der Waals surface area contributed by atoms with Gasteiger partial charge in [-0.15, -0.1) is 0 Å². The van der Waals surface area contributed by atoms with Crippen LogP contribution in [0.15, 0.2) is 24.3 Å². The van der Waals surface area contributed by atoms with Crippen molar-refractivity contribution in [3.63, 3.8) is 0 Å². The van der Waals surface area contributed by atoms with Crippen LogP contribution in [0.3, 0.4) is 0 Å². The van der Waals surface area contributed by atoms with Crippen LogP contribution in [0.25, 0.3) is 0 Å². The van der Waals surface area contributed by atoms with Crippen LogP contribution in [0.4, 0.5) is 0 Å². The Morgan fingerprint density at radius 3 is 2.50 bits per heavy atom. The molecule has 0 spiro atoms. The molecule has 0 unspecified atom stereocenters. The molecule has 0 aliphatic rings. The van der Waals surface area contributed by atoms with Gasteiger partial charge in [0, 0.05) is 12.2 Å². The largest absolute Gasteiger partial charge is 0.427 e. The number of benzene rings is 1. The van der Waals surface area contributed by atoms with Gasteiger partial charge in [0.1, 0.15) is 5.75 Å². The molecule has 1 aromatic carbocycles. The quantitative estimate of drug-likeness (QED) is 0.426. The Balaban J connectivity index is 2.37. The highest BCUT2D eigenvalue weighted by Gasteiger charge is 2.03. The first-order chi connectivity index (χ1) is 7.76. The third-order valence-corrected chi connectivity index (χ3v) is 2.64. The predicted molar refractivity (Wildman–Crippen MR) is 67.5 cm³/mol. The molecule has 0 aliphatic heterocycles. The first-order valence-electron chi connectivity index (χ1n) is 5.64. The van der Waals surface area contributed by atoms with Crippen molar-refractivity contribution in [1.82, 2.24) is 0 Å². The summed E-state index contributed by atoms with van der Waals surface area (Å²) in [5.74, 6) is 1.04. The van der Waals surface area contributed by atoms with Crippen molar-refractivity contribution in [3.8, 4) is 5.75 Å². The fourth-order valence-electron chi connectivity index (χ4n) is 1.36. The fourth-order valence-corrected chi connectivity index (χ4v) is 1.55. The van der Waals surface area contributed by atoms with E-state index in [2.05, 4.69) is 6.92 Å². The van der Waals surface area contributed by atoms with E-state index in [1.807, 2.05) is 12.1 Å². The van der Waals surface area contributed by atoms with E-state index in [0.29, 0.717) is 17.9 Å². The Hall–Kier alpha value is -0.960. The lowest BCUT2D eigenvalue weighted by molar-refractivity contribution is -0.134. The fraction of sp³-hybridized carbons (Fsp3) is 0.462. The summed E-state index contributed by atoms with van der Waals surface area (Å²) in [5, 5.41) is 0. The highest BCUT2D eigenvalue weighted by molar-refractivity contribution is 7.79. The molecule has 0 aliphatic carbocycles. The number of ether oxygens (including phenoxy) is 1. The van der Waals surface area contributed by atoms with Gasteiger partial charge in [-0.3, -0.25) is 4.79 Å². The minimum atomic E-state index is -0.153. The summed E-state index contributed by atoms with van der Waals surface area (Å²) in [6, 6.07) is 7.36. The van der Waals surface area contributed by atoms with E-state index in [0.717, 1.165) is 24.8 Å². The molecule has 1 rings (SSSR count). The van der Waals surface area contributed by atoms with Gasteiger partial charge in [-0.05, 0) is 24.1 Å². The van der Waals surface area contributed by atoms with E-state index in [1.54, 1.807) is 12.1 Å². The molecule has 0 heterocycles. The van der Waals surface area contributed by atoms with Gasteiger partial charge in [0.25, 0.3) is 0 Å². The van der Waals surface area contributed by atoms with Gasteiger partial charge in [-0.1, -0.05) is 44.5 Å². The molecule has 0 aromatic heterocycles. The predicted octanol–water partition coefficient (Wildman–Crippen LogP) is 3.87. The summed E-state index contributed by atoms with van der Waals surface area (Å²) in [4.78, 5) is 11.4. The Kier molecular flexibility index (Phi) is 6.01. The normalized spacial score (nSPS) is 10.1. The van der Waals surface area contributed by atoms with Gasteiger partial charge < -0.3 is 4.74 Å². The zero-order valence-corrected chi connectivity index (χ0v) is 10.4. The summed E-state index contributed by atoms with van der Waals surface area (Å²) >= 11 is 4.91. The van der Waals surface area contributed by atoms with Crippen molar-refractivity contribution in [2.75, 3.05) is 0 Å². The van der Waals surface area contributed by atoms with Gasteiger partial charge in [0.2, 0.25) is 0 Å². The standard InChI is InChI=1S/C13H17O2S/c1-2-3-4-5-13(14)15-12-8-6-11(10-16)7-9-12/h6-9H,2-5,10H2,1H3. The van der Waals surface area contributed by atoms with Crippen LogP contribution in [0.5, 0.6) is 5.75 Å². The zero-order chi connectivity index (χ0) is 11.8. The van der Waals surface area contributed by atoms with Gasteiger partial charge in [-0.25, -0.2) is 0 Å². The molecule has 0 N–H and O–H groups in total. The van der Waals surface area contributed by atoms with E-state index in [9.17, 15) is 4.79 Å². The van der Waals surface area contributed by atoms with Crippen LogP contribution in [0.2, 0.25) is 0 Å². The maximum Gasteiger partial charge on any atom is 0.311 e. The number of hydrogen-bond acceptors (Lipinski definition) is 2. The van der Waals surface area contributed by atoms with Crippen LogP contribution in [-0.4, -0.2) is 5.97 Å². The average Bonchev–Trinajstić information content (AvgIpc) is 2.30. The SMILES string of the molecule is CCCCCC(=O)Oc1ccc(C[S])cc1. The van der Waals surface area contributed by atoms with Crippen molar-refractivity contribution < 1.29 is 9.53 Å². The number of hydrogen-bond donors (Lipinski definition) is 0. The maximum atomic E-state index is 11.4. The van der Waals surface area contributed by atoms with Crippen molar-refractivity contribution in [2.45, 2.75) is 38.4 Å². The van der Waals surface area contributed by atoms with Gasteiger partial charge in [-0.2, -0.15) is 0 Å². The van der Waals surface area contributed by atoms with Crippen LogP contribution < -0.4 is 4.74 Å². The number of rotatable bonds is 6. The number of unbranched alkanes of at least 4 members (excludes halogenated alkanes) is 2. The molecule has 0 saturated heterocycles. The highest BCUT2D eigenvalue weighted by Crippen LogP contribution is 2.14. The number of carbonyl (C=O) groups excluding carboxylic acids is 1. The molecule has 0 atom stereocenters. The molecule has 87 valence electrons. The molecular formula is C13H17O2S. The second-order valence-electron chi connectivity index (χ2n) is 3.72. The molecule has 0 bridgehead atoms. The van der Waals surface area contributed by atoms with Crippen molar-refractivity contribution in [1.29, 1.82) is 0 Å². The van der Waals surface area contributed by atoms with E-state index < -0.39 is 0 Å². The molecular weight excluding hydrogens is 220 g/mol. The first kappa shape index (κ1) is 13.1. The van der Waals surface area contributed by atoms with Crippen LogP contribution in [-0.2, 0) is 10.5 Å². The number of carbonyl (C=O) groups is 1. The Bertz CT molecular complexity index is 319. The van der Waals surface area contributed by atoms with Crippen molar-refractivity contribution in [2.24, 2.45) is 0 Å². The average molecular weight is 237 g/mol. The van der Waals surface area contributed by atoms with E-state index in [-0.39, 0.29) is 5.97 Å². The smallest absolute Gasteiger partial charge is 0.311 e. The molecule has 3 heteroatoms. The Morgan fingerprint density at radius 2 is 1.94 bits per heavy atom. The first-order valence-corrected chi connectivity index (χ1v) is 6.21. The monoisotopic (exact) mass is 237 g/mol. The lowest BCUT2D eigenvalue weighted by Gasteiger charge is -2.04. The van der Waals surface area contributed by atoms with Gasteiger partial charge in [0.15, 0.2) is 0 Å². The van der Waals surface area contributed by atoms with Crippen LogP contribution in [0.1, 0.15) is 38.2 Å². The maximum absolute atomic E-state index is 11.4. The summed E-state index contributed by atoms with van der Waals surface area (Å²) < 4.78 is 5.19.